The predicted molar refractivity (Wildman–Crippen MR) is 87.7 cm³/mol. The third kappa shape index (κ3) is 5.19. The number of aromatic amines is 1. The minimum atomic E-state index is 0.130. The Morgan fingerprint density at radius 1 is 1.38 bits per heavy atom. The van der Waals surface area contributed by atoms with Gasteiger partial charge in [-0.15, -0.1) is 0 Å². The van der Waals surface area contributed by atoms with E-state index in [4.69, 9.17) is 0 Å². The van der Waals surface area contributed by atoms with Crippen LogP contribution in [0.2, 0.25) is 0 Å². The molecule has 0 bridgehead atoms. The number of aryl methyl sites for hydroxylation is 1. The number of hydrogen-bond donors (Lipinski definition) is 1. The number of carbonyl (C=O) groups excluding carboxylic acids is 1. The SMILES string of the molecule is CN(C/C=C/c1ccc(Br)cc1)C(=O)CCc1cnc[nH]1. The first-order chi connectivity index (χ1) is 10.1. The quantitative estimate of drug-likeness (QED) is 0.871. The van der Waals surface area contributed by atoms with Gasteiger partial charge in [-0.05, 0) is 24.1 Å². The maximum atomic E-state index is 12.0. The molecule has 4 nitrogen and oxygen atoms in total. The normalized spacial score (nSPS) is 11.0. The van der Waals surface area contributed by atoms with E-state index >= 15 is 0 Å². The van der Waals surface area contributed by atoms with Crippen LogP contribution in [0, 0.1) is 0 Å². The van der Waals surface area contributed by atoms with E-state index < -0.39 is 0 Å². The minimum Gasteiger partial charge on any atom is -0.348 e. The van der Waals surface area contributed by atoms with E-state index in [1.165, 1.54) is 0 Å². The Hall–Kier alpha value is -1.88. The highest BCUT2D eigenvalue weighted by atomic mass is 79.9. The summed E-state index contributed by atoms with van der Waals surface area (Å²) in [6.07, 6.45) is 8.58. The Morgan fingerprint density at radius 2 is 2.14 bits per heavy atom. The molecule has 0 saturated carbocycles. The van der Waals surface area contributed by atoms with Crippen molar-refractivity contribution in [3.05, 3.63) is 58.6 Å². The molecule has 0 aliphatic rings. The number of amides is 1. The molecule has 2 aromatic rings. The van der Waals surface area contributed by atoms with Crippen LogP contribution in [0.3, 0.4) is 0 Å². The van der Waals surface area contributed by atoms with Crippen molar-refractivity contribution in [1.29, 1.82) is 0 Å². The molecule has 2 rings (SSSR count). The van der Waals surface area contributed by atoms with Gasteiger partial charge in [-0.25, -0.2) is 4.98 Å². The number of aromatic nitrogens is 2. The summed E-state index contributed by atoms with van der Waals surface area (Å²) in [6.45, 7) is 0.609. The predicted octanol–water partition coefficient (Wildman–Crippen LogP) is 3.28. The fourth-order valence-electron chi connectivity index (χ4n) is 1.88. The number of nitrogens with one attached hydrogen (secondary N) is 1. The van der Waals surface area contributed by atoms with E-state index in [0.29, 0.717) is 19.4 Å². The van der Waals surface area contributed by atoms with E-state index in [0.717, 1.165) is 15.7 Å². The second kappa shape index (κ2) is 7.78. The molecule has 21 heavy (non-hydrogen) atoms. The van der Waals surface area contributed by atoms with Crippen LogP contribution in [-0.2, 0) is 11.2 Å². The fourth-order valence-corrected chi connectivity index (χ4v) is 2.14. The van der Waals surface area contributed by atoms with Crippen LogP contribution in [-0.4, -0.2) is 34.4 Å². The number of benzene rings is 1. The molecular formula is C16H18BrN3O. The summed E-state index contributed by atoms with van der Waals surface area (Å²) in [5.74, 6) is 0.130. The first kappa shape index (κ1) is 15.5. The van der Waals surface area contributed by atoms with Crippen molar-refractivity contribution in [1.82, 2.24) is 14.9 Å². The van der Waals surface area contributed by atoms with Crippen LogP contribution in [0.4, 0.5) is 0 Å². The molecular weight excluding hydrogens is 330 g/mol. The highest BCUT2D eigenvalue weighted by Crippen LogP contribution is 2.11. The summed E-state index contributed by atoms with van der Waals surface area (Å²) in [6, 6.07) is 8.05. The molecule has 0 radical (unpaired) electrons. The standard InChI is InChI=1S/C16H18BrN3O/c1-20(16(21)9-8-15-11-18-12-19-15)10-2-3-13-4-6-14(17)7-5-13/h2-7,11-12H,8-10H2,1H3,(H,18,19)/b3-2+. The average molecular weight is 348 g/mol. The number of carbonyl (C=O) groups is 1. The lowest BCUT2D eigenvalue weighted by Gasteiger charge is -2.14. The maximum absolute atomic E-state index is 12.0. The third-order valence-electron chi connectivity index (χ3n) is 3.15. The summed E-state index contributed by atoms with van der Waals surface area (Å²) in [4.78, 5) is 20.6. The lowest BCUT2D eigenvalue weighted by molar-refractivity contribution is -0.129. The molecule has 1 N–H and O–H groups in total. The Labute approximate surface area is 133 Å². The summed E-state index contributed by atoms with van der Waals surface area (Å²) in [7, 11) is 1.82. The lowest BCUT2D eigenvalue weighted by atomic mass is 10.2. The Bertz CT molecular complexity index is 590. The molecule has 0 atom stereocenters. The van der Waals surface area contributed by atoms with Gasteiger partial charge in [-0.1, -0.05) is 40.2 Å². The molecule has 1 aromatic heterocycles. The van der Waals surface area contributed by atoms with Crippen LogP contribution >= 0.6 is 15.9 Å². The van der Waals surface area contributed by atoms with Gasteiger partial charge in [0.15, 0.2) is 0 Å². The lowest BCUT2D eigenvalue weighted by Crippen LogP contribution is -2.26. The van der Waals surface area contributed by atoms with Crippen LogP contribution in [0.15, 0.2) is 47.3 Å². The van der Waals surface area contributed by atoms with Gasteiger partial charge >= 0.3 is 0 Å². The van der Waals surface area contributed by atoms with Crippen molar-refractivity contribution in [3.63, 3.8) is 0 Å². The van der Waals surface area contributed by atoms with E-state index in [2.05, 4.69) is 25.9 Å². The van der Waals surface area contributed by atoms with Gasteiger partial charge in [0.25, 0.3) is 0 Å². The molecule has 0 spiro atoms. The molecule has 0 fully saturated rings. The second-order valence-corrected chi connectivity index (χ2v) is 5.72. The Kier molecular flexibility index (Phi) is 5.75. The highest BCUT2D eigenvalue weighted by Gasteiger charge is 2.07. The zero-order valence-corrected chi connectivity index (χ0v) is 13.5. The number of nitrogens with zero attached hydrogens (tertiary/aromatic N) is 2. The summed E-state index contributed by atoms with van der Waals surface area (Å²) < 4.78 is 1.06. The van der Waals surface area contributed by atoms with Crippen LogP contribution in [0.25, 0.3) is 6.08 Å². The monoisotopic (exact) mass is 347 g/mol. The van der Waals surface area contributed by atoms with Crippen LogP contribution in [0.5, 0.6) is 0 Å². The highest BCUT2D eigenvalue weighted by molar-refractivity contribution is 9.10. The average Bonchev–Trinajstić information content (AvgIpc) is 3.00. The number of imidazole rings is 1. The van der Waals surface area contributed by atoms with Crippen molar-refractivity contribution in [2.75, 3.05) is 13.6 Å². The number of hydrogen-bond acceptors (Lipinski definition) is 2. The summed E-state index contributed by atoms with van der Waals surface area (Å²) in [5.41, 5.74) is 2.11. The third-order valence-corrected chi connectivity index (χ3v) is 3.68. The molecule has 0 aliphatic carbocycles. The van der Waals surface area contributed by atoms with E-state index in [-0.39, 0.29) is 5.91 Å². The largest absolute Gasteiger partial charge is 0.348 e. The first-order valence-corrected chi connectivity index (χ1v) is 7.58. The van der Waals surface area contributed by atoms with Gasteiger partial charge in [0.1, 0.15) is 0 Å². The molecule has 110 valence electrons. The number of halogens is 1. The molecule has 5 heteroatoms. The van der Waals surface area contributed by atoms with Gasteiger partial charge < -0.3 is 9.88 Å². The van der Waals surface area contributed by atoms with Crippen LogP contribution in [0.1, 0.15) is 17.7 Å². The number of likely N-dealkylation sites (N-methyl/N-ethyl adjacent to an activating group) is 1. The van der Waals surface area contributed by atoms with E-state index in [1.54, 1.807) is 17.4 Å². The molecule has 1 amide bonds. The van der Waals surface area contributed by atoms with Crippen molar-refractivity contribution in [3.8, 4) is 0 Å². The van der Waals surface area contributed by atoms with Crippen LogP contribution < -0.4 is 0 Å². The summed E-state index contributed by atoms with van der Waals surface area (Å²) >= 11 is 3.41. The first-order valence-electron chi connectivity index (χ1n) is 6.78. The zero-order chi connectivity index (χ0) is 15.1. The molecule has 0 unspecified atom stereocenters. The number of rotatable bonds is 6. The maximum Gasteiger partial charge on any atom is 0.222 e. The zero-order valence-electron chi connectivity index (χ0n) is 11.9. The second-order valence-electron chi connectivity index (χ2n) is 4.81. The number of H-pyrrole nitrogens is 1. The fraction of sp³-hybridized carbons (Fsp3) is 0.250. The summed E-state index contributed by atoms with van der Waals surface area (Å²) in [5, 5.41) is 0. The molecule has 1 aromatic carbocycles. The van der Waals surface area contributed by atoms with Gasteiger partial charge in [0.2, 0.25) is 5.91 Å². The van der Waals surface area contributed by atoms with E-state index in [9.17, 15) is 4.79 Å². The smallest absolute Gasteiger partial charge is 0.222 e. The van der Waals surface area contributed by atoms with E-state index in [1.807, 2.05) is 43.5 Å². The topological polar surface area (TPSA) is 49.0 Å². The molecule has 0 saturated heterocycles. The Morgan fingerprint density at radius 3 is 2.81 bits per heavy atom. The van der Waals surface area contributed by atoms with Gasteiger partial charge in [-0.2, -0.15) is 0 Å². The van der Waals surface area contributed by atoms with Crippen molar-refractivity contribution in [2.24, 2.45) is 0 Å². The molecule has 0 aliphatic heterocycles. The van der Waals surface area contributed by atoms with Crippen molar-refractivity contribution < 1.29 is 4.79 Å². The van der Waals surface area contributed by atoms with Gasteiger partial charge in [0.05, 0.1) is 6.33 Å². The van der Waals surface area contributed by atoms with Crippen molar-refractivity contribution in [2.45, 2.75) is 12.8 Å². The Balaban J connectivity index is 1.76. The minimum absolute atomic E-state index is 0.130. The van der Waals surface area contributed by atoms with Gasteiger partial charge in [-0.3, -0.25) is 4.79 Å². The molecule has 1 heterocycles. The van der Waals surface area contributed by atoms with Gasteiger partial charge in [0, 0.05) is 36.4 Å². The van der Waals surface area contributed by atoms with Crippen molar-refractivity contribution >= 4 is 27.9 Å².